The standard InChI is InChI=1S/C62H54/c1-39-9-21-47(22-10-39)55-33-43(5)17-29-51(55)59-37-61(53-31-19-45(7)35-57(53)49-25-13-41(3)14-26-49)62(54-32-20-46(8)36-58(54)50-27-15-42(4)16-28-50)38-60(59)52-30-18-44(6)34-56(52)48-23-11-40(2)12-24-48/h9-38H,1-8H3. The number of aryl methyl sites for hydroxylation is 8. The molecule has 0 nitrogen and oxygen atoms in total. The molecule has 0 aliphatic heterocycles. The molecule has 9 rings (SSSR count). The van der Waals surface area contributed by atoms with E-state index in [1.807, 2.05) is 0 Å². The number of benzene rings is 9. The van der Waals surface area contributed by atoms with E-state index in [1.54, 1.807) is 0 Å². The van der Waals surface area contributed by atoms with Gasteiger partial charge in [-0.3, -0.25) is 0 Å². The first-order chi connectivity index (χ1) is 30.0. The molecule has 62 heavy (non-hydrogen) atoms. The van der Waals surface area contributed by atoms with Crippen LogP contribution in [-0.4, -0.2) is 0 Å². The minimum atomic E-state index is 1.20. The van der Waals surface area contributed by atoms with Gasteiger partial charge in [-0.2, -0.15) is 0 Å². The predicted octanol–water partition coefficient (Wildman–Crippen LogP) is 17.5. The summed E-state index contributed by atoms with van der Waals surface area (Å²) in [4.78, 5) is 0. The van der Waals surface area contributed by atoms with E-state index in [-0.39, 0.29) is 0 Å². The van der Waals surface area contributed by atoms with Crippen LogP contribution in [0.3, 0.4) is 0 Å². The fourth-order valence-electron chi connectivity index (χ4n) is 8.95. The third-order valence-electron chi connectivity index (χ3n) is 12.5. The summed E-state index contributed by atoms with van der Waals surface area (Å²) < 4.78 is 0. The molecule has 0 atom stereocenters. The molecular weight excluding hydrogens is 745 g/mol. The Morgan fingerprint density at radius 3 is 0.516 bits per heavy atom. The molecular formula is C62H54. The summed E-state index contributed by atoms with van der Waals surface area (Å²) >= 11 is 0. The predicted molar refractivity (Wildman–Crippen MR) is 268 cm³/mol. The van der Waals surface area contributed by atoms with Gasteiger partial charge >= 0.3 is 0 Å². The Morgan fingerprint density at radius 2 is 0.323 bits per heavy atom. The molecule has 9 aromatic carbocycles. The summed E-state index contributed by atoms with van der Waals surface area (Å²) in [5.41, 5.74) is 29.4. The van der Waals surface area contributed by atoms with Crippen LogP contribution in [-0.2, 0) is 0 Å². The highest BCUT2D eigenvalue weighted by Crippen LogP contribution is 2.50. The van der Waals surface area contributed by atoms with Crippen LogP contribution in [0.15, 0.2) is 182 Å². The van der Waals surface area contributed by atoms with Gasteiger partial charge in [0.1, 0.15) is 0 Å². The maximum absolute atomic E-state index is 2.52. The van der Waals surface area contributed by atoms with Crippen LogP contribution < -0.4 is 0 Å². The highest BCUT2D eigenvalue weighted by Gasteiger charge is 2.24. The Kier molecular flexibility index (Phi) is 10.9. The summed E-state index contributed by atoms with van der Waals surface area (Å²) in [6, 6.07) is 69.1. The lowest BCUT2D eigenvalue weighted by Crippen LogP contribution is -1.98. The van der Waals surface area contributed by atoms with E-state index in [1.165, 1.54) is 134 Å². The second-order valence-corrected chi connectivity index (χ2v) is 17.6. The van der Waals surface area contributed by atoms with Crippen molar-refractivity contribution in [1.29, 1.82) is 0 Å². The summed E-state index contributed by atoms with van der Waals surface area (Å²) in [7, 11) is 0. The topological polar surface area (TPSA) is 0 Å². The molecule has 0 aromatic heterocycles. The first kappa shape index (κ1) is 40.4. The van der Waals surface area contributed by atoms with E-state index in [9.17, 15) is 0 Å². The van der Waals surface area contributed by atoms with Crippen molar-refractivity contribution in [3.63, 3.8) is 0 Å². The molecule has 9 aromatic rings. The Morgan fingerprint density at radius 1 is 0.145 bits per heavy atom. The zero-order valence-electron chi connectivity index (χ0n) is 37.3. The van der Waals surface area contributed by atoms with Crippen LogP contribution in [0.2, 0.25) is 0 Å². The Bertz CT molecular complexity index is 2660. The Hall–Kier alpha value is -7.02. The second kappa shape index (κ2) is 16.8. The van der Waals surface area contributed by atoms with E-state index >= 15 is 0 Å². The van der Waals surface area contributed by atoms with Crippen LogP contribution in [0.25, 0.3) is 89.0 Å². The molecule has 0 amide bonds. The van der Waals surface area contributed by atoms with Crippen molar-refractivity contribution in [3.8, 4) is 89.0 Å². The van der Waals surface area contributed by atoms with Gasteiger partial charge in [0.25, 0.3) is 0 Å². The highest BCUT2D eigenvalue weighted by atomic mass is 14.3. The van der Waals surface area contributed by atoms with Crippen molar-refractivity contribution in [2.45, 2.75) is 55.4 Å². The minimum absolute atomic E-state index is 1.20. The van der Waals surface area contributed by atoms with Gasteiger partial charge in [0.2, 0.25) is 0 Å². The Balaban J connectivity index is 1.46. The summed E-state index contributed by atoms with van der Waals surface area (Å²) in [5.74, 6) is 0. The fourth-order valence-corrected chi connectivity index (χ4v) is 8.95. The van der Waals surface area contributed by atoms with Gasteiger partial charge in [0, 0.05) is 0 Å². The van der Waals surface area contributed by atoms with Gasteiger partial charge in [-0.1, -0.05) is 214 Å². The largest absolute Gasteiger partial charge is 0.0587 e. The van der Waals surface area contributed by atoms with Gasteiger partial charge in [-0.15, -0.1) is 0 Å². The molecule has 0 bridgehead atoms. The lowest BCUT2D eigenvalue weighted by molar-refractivity contribution is 1.42. The molecule has 0 heteroatoms. The minimum Gasteiger partial charge on any atom is -0.0587 e. The third-order valence-corrected chi connectivity index (χ3v) is 12.5. The van der Waals surface area contributed by atoms with Crippen LogP contribution in [0, 0.1) is 55.4 Å². The van der Waals surface area contributed by atoms with E-state index in [0.717, 1.165) is 0 Å². The van der Waals surface area contributed by atoms with Gasteiger partial charge in [-0.25, -0.2) is 0 Å². The monoisotopic (exact) mass is 798 g/mol. The molecule has 0 aliphatic carbocycles. The normalized spacial score (nSPS) is 11.2. The van der Waals surface area contributed by atoms with Gasteiger partial charge in [-0.05, 0) is 157 Å². The van der Waals surface area contributed by atoms with Gasteiger partial charge in [0.15, 0.2) is 0 Å². The number of rotatable bonds is 8. The van der Waals surface area contributed by atoms with Gasteiger partial charge in [0.05, 0.1) is 0 Å². The summed E-state index contributed by atoms with van der Waals surface area (Å²) in [5, 5.41) is 0. The van der Waals surface area contributed by atoms with Crippen LogP contribution in [0.4, 0.5) is 0 Å². The average molecular weight is 799 g/mol. The number of hydrogen-bond acceptors (Lipinski definition) is 0. The van der Waals surface area contributed by atoms with E-state index < -0.39 is 0 Å². The van der Waals surface area contributed by atoms with Crippen molar-refractivity contribution in [3.05, 3.63) is 226 Å². The van der Waals surface area contributed by atoms with E-state index in [2.05, 4.69) is 237 Å². The molecule has 0 radical (unpaired) electrons. The molecule has 0 aliphatic rings. The SMILES string of the molecule is Cc1ccc(-c2cc(C)ccc2-c2cc(-c3ccc(C)cc3-c3ccc(C)cc3)c(-c3ccc(C)cc3-c3ccc(C)cc3)cc2-c2ccc(C)cc2-c2ccc(C)cc2)cc1. The van der Waals surface area contributed by atoms with Gasteiger partial charge < -0.3 is 0 Å². The molecule has 0 unspecified atom stereocenters. The molecule has 0 spiro atoms. The lowest BCUT2D eigenvalue weighted by Gasteiger charge is -2.24. The van der Waals surface area contributed by atoms with E-state index in [4.69, 9.17) is 0 Å². The molecule has 0 N–H and O–H groups in total. The smallest absolute Gasteiger partial charge is 0.00923 e. The van der Waals surface area contributed by atoms with Crippen LogP contribution >= 0.6 is 0 Å². The van der Waals surface area contributed by atoms with Crippen molar-refractivity contribution in [2.75, 3.05) is 0 Å². The first-order valence-corrected chi connectivity index (χ1v) is 21.9. The zero-order chi connectivity index (χ0) is 43.1. The first-order valence-electron chi connectivity index (χ1n) is 21.9. The maximum Gasteiger partial charge on any atom is -0.00923 e. The molecule has 0 saturated carbocycles. The van der Waals surface area contributed by atoms with Crippen LogP contribution in [0.5, 0.6) is 0 Å². The molecule has 302 valence electrons. The summed E-state index contributed by atoms with van der Waals surface area (Å²) in [6.07, 6.45) is 0. The summed E-state index contributed by atoms with van der Waals surface area (Å²) in [6.45, 7) is 17.5. The highest BCUT2D eigenvalue weighted by molar-refractivity contribution is 6.04. The second-order valence-electron chi connectivity index (χ2n) is 17.6. The van der Waals surface area contributed by atoms with Crippen molar-refractivity contribution < 1.29 is 0 Å². The lowest BCUT2D eigenvalue weighted by atomic mass is 9.79. The molecule has 0 saturated heterocycles. The number of hydrogen-bond donors (Lipinski definition) is 0. The quantitative estimate of drug-likeness (QED) is 0.144. The van der Waals surface area contributed by atoms with Crippen molar-refractivity contribution in [1.82, 2.24) is 0 Å². The van der Waals surface area contributed by atoms with Crippen molar-refractivity contribution in [2.24, 2.45) is 0 Å². The zero-order valence-corrected chi connectivity index (χ0v) is 37.3. The Labute approximate surface area is 369 Å². The molecule has 0 fully saturated rings. The maximum atomic E-state index is 2.52. The van der Waals surface area contributed by atoms with Crippen molar-refractivity contribution >= 4 is 0 Å². The average Bonchev–Trinajstić information content (AvgIpc) is 3.27. The fraction of sp³-hybridized carbons (Fsp3) is 0.129. The van der Waals surface area contributed by atoms with Crippen LogP contribution in [0.1, 0.15) is 44.5 Å². The van der Waals surface area contributed by atoms with E-state index in [0.29, 0.717) is 0 Å². The third kappa shape index (κ3) is 8.09. The molecule has 0 heterocycles.